The normalized spacial score (nSPS) is 21.6. The van der Waals surface area contributed by atoms with Crippen LogP contribution in [-0.4, -0.2) is 70.3 Å². The summed E-state index contributed by atoms with van der Waals surface area (Å²) in [7, 11) is 0. The highest BCUT2D eigenvalue weighted by Crippen LogP contribution is 2.26. The lowest BCUT2D eigenvalue weighted by atomic mass is 9.88. The molecule has 0 bridgehead atoms. The Morgan fingerprint density at radius 1 is 1.16 bits per heavy atom. The standard InChI is InChI=1S/C24H40N4O3.HI/c1-3-25-23(26-13-7-14-31-22-10-15-30-18-22)27-19-24(11-16-29-17-12-24)28-20(2)21-8-5-4-6-9-21;/h4-6,8-9,20,22,28H,3,7,10-19H2,1-2H3,(H2,25,26,27);1H. The van der Waals surface area contributed by atoms with Gasteiger partial charge in [-0.3, -0.25) is 4.99 Å². The summed E-state index contributed by atoms with van der Waals surface area (Å²) in [5.41, 5.74) is 1.25. The van der Waals surface area contributed by atoms with E-state index in [4.69, 9.17) is 19.2 Å². The molecule has 1 aromatic carbocycles. The second kappa shape index (κ2) is 15.1. The smallest absolute Gasteiger partial charge is 0.191 e. The van der Waals surface area contributed by atoms with Crippen molar-refractivity contribution in [3.63, 3.8) is 0 Å². The predicted octanol–water partition coefficient (Wildman–Crippen LogP) is 3.26. The maximum Gasteiger partial charge on any atom is 0.191 e. The van der Waals surface area contributed by atoms with Gasteiger partial charge in [-0.1, -0.05) is 30.3 Å². The van der Waals surface area contributed by atoms with E-state index in [1.807, 2.05) is 0 Å². The SMILES string of the molecule is CCNC(=NCC1(NC(C)c2ccccc2)CCOCC1)NCCCOC1CCOC1.I. The number of guanidine groups is 1. The molecule has 2 saturated heterocycles. The first-order valence-corrected chi connectivity index (χ1v) is 11.8. The van der Waals surface area contributed by atoms with Crippen LogP contribution in [0.15, 0.2) is 35.3 Å². The van der Waals surface area contributed by atoms with Crippen molar-refractivity contribution in [2.75, 3.05) is 52.7 Å². The average molecular weight is 561 g/mol. The van der Waals surface area contributed by atoms with Crippen molar-refractivity contribution in [2.45, 2.75) is 57.2 Å². The van der Waals surface area contributed by atoms with Gasteiger partial charge in [0.15, 0.2) is 5.96 Å². The van der Waals surface area contributed by atoms with Crippen molar-refractivity contribution < 1.29 is 14.2 Å². The number of hydrogen-bond acceptors (Lipinski definition) is 5. The second-order valence-corrected chi connectivity index (χ2v) is 8.50. The minimum Gasteiger partial charge on any atom is -0.381 e. The van der Waals surface area contributed by atoms with E-state index in [1.54, 1.807) is 0 Å². The van der Waals surface area contributed by atoms with Crippen LogP contribution in [0.1, 0.15) is 51.1 Å². The molecule has 2 fully saturated rings. The zero-order chi connectivity index (χ0) is 21.8. The van der Waals surface area contributed by atoms with Crippen LogP contribution >= 0.6 is 24.0 Å². The van der Waals surface area contributed by atoms with Crippen LogP contribution in [0.3, 0.4) is 0 Å². The molecule has 3 N–H and O–H groups in total. The molecule has 2 aliphatic heterocycles. The summed E-state index contributed by atoms with van der Waals surface area (Å²) in [6.07, 6.45) is 4.16. The number of hydrogen-bond donors (Lipinski definition) is 3. The molecule has 0 saturated carbocycles. The van der Waals surface area contributed by atoms with Crippen LogP contribution in [0, 0.1) is 0 Å². The highest BCUT2D eigenvalue weighted by Gasteiger charge is 2.34. The van der Waals surface area contributed by atoms with Crippen LogP contribution in [0.25, 0.3) is 0 Å². The maximum atomic E-state index is 5.85. The molecule has 32 heavy (non-hydrogen) atoms. The van der Waals surface area contributed by atoms with Crippen LogP contribution < -0.4 is 16.0 Å². The molecular weight excluding hydrogens is 519 g/mol. The van der Waals surface area contributed by atoms with Crippen LogP contribution in [-0.2, 0) is 14.2 Å². The molecule has 0 radical (unpaired) electrons. The zero-order valence-electron chi connectivity index (χ0n) is 19.6. The number of nitrogens with zero attached hydrogens (tertiary/aromatic N) is 1. The van der Waals surface area contributed by atoms with E-state index in [2.05, 4.69) is 60.1 Å². The summed E-state index contributed by atoms with van der Waals surface area (Å²) >= 11 is 0. The van der Waals surface area contributed by atoms with E-state index in [9.17, 15) is 0 Å². The number of halogens is 1. The van der Waals surface area contributed by atoms with Gasteiger partial charge in [-0.15, -0.1) is 24.0 Å². The molecule has 1 aromatic rings. The molecule has 2 unspecified atom stereocenters. The fourth-order valence-electron chi connectivity index (χ4n) is 4.14. The highest BCUT2D eigenvalue weighted by atomic mass is 127. The molecule has 3 rings (SSSR count). The summed E-state index contributed by atoms with van der Waals surface area (Å²) in [4.78, 5) is 4.95. The topological polar surface area (TPSA) is 76.1 Å². The minimum atomic E-state index is -0.0541. The van der Waals surface area contributed by atoms with Gasteiger partial charge in [0.05, 0.1) is 19.3 Å². The van der Waals surface area contributed by atoms with Gasteiger partial charge in [0.1, 0.15) is 0 Å². The molecule has 2 atom stereocenters. The average Bonchev–Trinajstić information content (AvgIpc) is 3.32. The number of rotatable bonds is 11. The Bertz CT molecular complexity index is 650. The fourth-order valence-corrected chi connectivity index (χ4v) is 4.14. The lowest BCUT2D eigenvalue weighted by Gasteiger charge is -2.39. The van der Waals surface area contributed by atoms with E-state index in [-0.39, 0.29) is 41.7 Å². The van der Waals surface area contributed by atoms with Gasteiger partial charge < -0.3 is 30.2 Å². The monoisotopic (exact) mass is 560 g/mol. The fraction of sp³-hybridized carbons (Fsp3) is 0.708. The predicted molar refractivity (Wildman–Crippen MR) is 140 cm³/mol. The lowest BCUT2D eigenvalue weighted by Crippen LogP contribution is -2.53. The molecule has 0 amide bonds. The molecule has 8 heteroatoms. The number of nitrogens with one attached hydrogen (secondary N) is 3. The molecule has 7 nitrogen and oxygen atoms in total. The third kappa shape index (κ3) is 9.13. The molecule has 0 spiro atoms. The van der Waals surface area contributed by atoms with Crippen molar-refractivity contribution in [1.82, 2.24) is 16.0 Å². The van der Waals surface area contributed by atoms with Crippen molar-refractivity contribution in [1.29, 1.82) is 0 Å². The number of aliphatic imine (C=N–C) groups is 1. The van der Waals surface area contributed by atoms with Gasteiger partial charge in [-0.05, 0) is 45.1 Å². The van der Waals surface area contributed by atoms with E-state index in [1.165, 1.54) is 5.56 Å². The van der Waals surface area contributed by atoms with Gasteiger partial charge >= 0.3 is 0 Å². The van der Waals surface area contributed by atoms with E-state index in [0.29, 0.717) is 0 Å². The van der Waals surface area contributed by atoms with Crippen molar-refractivity contribution in [3.05, 3.63) is 35.9 Å². The molecule has 182 valence electrons. The highest BCUT2D eigenvalue weighted by molar-refractivity contribution is 14.0. The number of benzene rings is 1. The zero-order valence-corrected chi connectivity index (χ0v) is 21.9. The summed E-state index contributed by atoms with van der Waals surface area (Å²) in [5, 5.41) is 10.7. The van der Waals surface area contributed by atoms with Gasteiger partial charge in [-0.2, -0.15) is 0 Å². The largest absolute Gasteiger partial charge is 0.381 e. The van der Waals surface area contributed by atoms with Crippen molar-refractivity contribution in [3.8, 4) is 0 Å². The van der Waals surface area contributed by atoms with Gasteiger partial charge in [0.25, 0.3) is 0 Å². The summed E-state index contributed by atoms with van der Waals surface area (Å²) in [6, 6.07) is 10.9. The first-order chi connectivity index (χ1) is 15.2. The lowest BCUT2D eigenvalue weighted by molar-refractivity contribution is 0.0374. The van der Waals surface area contributed by atoms with Gasteiger partial charge in [-0.25, -0.2) is 0 Å². The minimum absolute atomic E-state index is 0. The third-order valence-corrected chi connectivity index (χ3v) is 6.01. The Balaban J connectivity index is 0.00000363. The van der Waals surface area contributed by atoms with Gasteiger partial charge in [0, 0.05) is 51.1 Å². The molecule has 0 aromatic heterocycles. The van der Waals surface area contributed by atoms with Gasteiger partial charge in [0.2, 0.25) is 0 Å². The Morgan fingerprint density at radius 3 is 2.62 bits per heavy atom. The molecule has 2 aliphatic rings. The van der Waals surface area contributed by atoms with Crippen molar-refractivity contribution in [2.24, 2.45) is 4.99 Å². The van der Waals surface area contributed by atoms with E-state index < -0.39 is 0 Å². The second-order valence-electron chi connectivity index (χ2n) is 8.50. The first-order valence-electron chi connectivity index (χ1n) is 11.8. The Hall–Kier alpha value is -0.940. The van der Waals surface area contributed by atoms with Crippen LogP contribution in [0.2, 0.25) is 0 Å². The quantitative estimate of drug-likeness (QED) is 0.167. The van der Waals surface area contributed by atoms with E-state index in [0.717, 1.165) is 84.3 Å². The molecule has 0 aliphatic carbocycles. The van der Waals surface area contributed by atoms with Crippen LogP contribution in [0.5, 0.6) is 0 Å². The summed E-state index contributed by atoms with van der Waals surface area (Å²) in [6.45, 7) is 10.6. The Morgan fingerprint density at radius 2 is 1.94 bits per heavy atom. The van der Waals surface area contributed by atoms with E-state index >= 15 is 0 Å². The van der Waals surface area contributed by atoms with Crippen molar-refractivity contribution >= 4 is 29.9 Å². The first kappa shape index (κ1) is 27.3. The Kier molecular flexibility index (Phi) is 12.8. The maximum absolute atomic E-state index is 5.85. The summed E-state index contributed by atoms with van der Waals surface area (Å²) in [5.74, 6) is 0.867. The van der Waals surface area contributed by atoms with Crippen LogP contribution in [0.4, 0.5) is 0 Å². The summed E-state index contributed by atoms with van der Waals surface area (Å²) < 4.78 is 16.9. The molecular formula is C24H41IN4O3. The molecule has 2 heterocycles. The third-order valence-electron chi connectivity index (χ3n) is 6.01. The number of ether oxygens (including phenoxy) is 3. The Labute approximate surface area is 210 Å².